The molecule has 0 aromatic heterocycles. The Hall–Kier alpha value is -2.29. The van der Waals surface area contributed by atoms with Crippen molar-refractivity contribution in [2.24, 2.45) is 0 Å². The minimum atomic E-state index is 0.0561. The molecule has 0 saturated heterocycles. The van der Waals surface area contributed by atoms with Gasteiger partial charge in [0.1, 0.15) is 0 Å². The fraction of sp³-hybridized carbons (Fsp3) is 0.350. The Kier molecular flexibility index (Phi) is 7.33. The third kappa shape index (κ3) is 5.44. The van der Waals surface area contributed by atoms with E-state index in [9.17, 15) is 4.79 Å². The van der Waals surface area contributed by atoms with Gasteiger partial charge in [0.25, 0.3) is 0 Å². The molecule has 0 aliphatic rings. The first-order chi connectivity index (χ1) is 10.9. The molecule has 2 aromatic carbocycles. The highest BCUT2D eigenvalue weighted by Crippen LogP contribution is 2.18. The topological polar surface area (TPSA) is 23.6 Å². The maximum absolute atomic E-state index is 12.4. The molecule has 0 bridgehead atoms. The van der Waals surface area contributed by atoms with Crippen molar-refractivity contribution in [3.8, 4) is 0 Å². The molecule has 0 radical (unpaired) electrons. The van der Waals surface area contributed by atoms with Crippen LogP contribution in [0.3, 0.4) is 0 Å². The van der Waals surface area contributed by atoms with Crippen LogP contribution in [0.25, 0.3) is 0 Å². The number of benzene rings is 2. The molecular formula is C20H28N2O. The van der Waals surface area contributed by atoms with Gasteiger partial charge in [-0.15, -0.1) is 0 Å². The van der Waals surface area contributed by atoms with Crippen molar-refractivity contribution in [1.29, 1.82) is 0 Å². The van der Waals surface area contributed by atoms with E-state index in [2.05, 4.69) is 13.8 Å². The predicted molar refractivity (Wildman–Crippen MR) is 101 cm³/mol. The quantitative estimate of drug-likeness (QED) is 0.778. The molecule has 3 heteroatoms. The van der Waals surface area contributed by atoms with Gasteiger partial charge in [0.05, 0.1) is 0 Å². The predicted octanol–water partition coefficient (Wildman–Crippen LogP) is 4.47. The Balaban J connectivity index is 0.000000816. The van der Waals surface area contributed by atoms with Gasteiger partial charge in [-0.3, -0.25) is 4.79 Å². The number of carbonyl (C=O) groups excluding carboxylic acids is 1. The fourth-order valence-electron chi connectivity index (χ4n) is 1.99. The molecule has 23 heavy (non-hydrogen) atoms. The Morgan fingerprint density at radius 1 is 0.696 bits per heavy atom. The summed E-state index contributed by atoms with van der Waals surface area (Å²) in [5.41, 5.74) is 3.61. The lowest BCUT2D eigenvalue weighted by Gasteiger charge is -2.13. The average molecular weight is 312 g/mol. The minimum Gasteiger partial charge on any atom is -0.378 e. The molecule has 0 N–H and O–H groups in total. The number of hydrogen-bond donors (Lipinski definition) is 0. The number of ketones is 1. The molecule has 0 heterocycles. The summed E-state index contributed by atoms with van der Waals surface area (Å²) in [7, 11) is 7.93. The molecule has 0 aliphatic carbocycles. The Labute approximate surface area is 140 Å². The van der Waals surface area contributed by atoms with Crippen LogP contribution in [0.15, 0.2) is 48.5 Å². The summed E-state index contributed by atoms with van der Waals surface area (Å²) >= 11 is 0. The first kappa shape index (κ1) is 18.8. The summed E-state index contributed by atoms with van der Waals surface area (Å²) in [6, 6.07) is 15.3. The summed E-state index contributed by atoms with van der Waals surface area (Å²) in [4.78, 5) is 16.4. The second kappa shape index (κ2) is 8.99. The van der Waals surface area contributed by atoms with Gasteiger partial charge in [0, 0.05) is 50.7 Å². The van der Waals surface area contributed by atoms with Crippen LogP contribution in [0.4, 0.5) is 11.4 Å². The lowest BCUT2D eigenvalue weighted by Crippen LogP contribution is -2.10. The van der Waals surface area contributed by atoms with Crippen LogP contribution in [0.5, 0.6) is 0 Å². The van der Waals surface area contributed by atoms with Gasteiger partial charge < -0.3 is 9.80 Å². The summed E-state index contributed by atoms with van der Waals surface area (Å²) in [5, 5.41) is 0. The molecule has 2 aromatic rings. The highest BCUT2D eigenvalue weighted by atomic mass is 16.1. The Bertz CT molecular complexity index is 545. The molecule has 124 valence electrons. The third-order valence-corrected chi connectivity index (χ3v) is 3.29. The van der Waals surface area contributed by atoms with Crippen molar-refractivity contribution in [3.63, 3.8) is 0 Å². The molecular weight excluding hydrogens is 284 g/mol. The van der Waals surface area contributed by atoms with Gasteiger partial charge in [-0.2, -0.15) is 0 Å². The average Bonchev–Trinajstić information content (AvgIpc) is 2.55. The van der Waals surface area contributed by atoms with Crippen molar-refractivity contribution in [2.45, 2.75) is 20.3 Å². The summed E-state index contributed by atoms with van der Waals surface area (Å²) < 4.78 is 0. The van der Waals surface area contributed by atoms with Crippen LogP contribution < -0.4 is 9.80 Å². The fourth-order valence-corrected chi connectivity index (χ4v) is 1.99. The number of nitrogens with zero attached hydrogens (tertiary/aromatic N) is 2. The lowest BCUT2D eigenvalue weighted by atomic mass is 10.0. The lowest BCUT2D eigenvalue weighted by molar-refractivity contribution is 0.103. The van der Waals surface area contributed by atoms with E-state index in [1.807, 2.05) is 86.5 Å². The SMILES string of the molecule is CCC.CN(C)c1ccc(C(=O)c2ccc(N(C)C)cc2)cc1. The highest BCUT2D eigenvalue weighted by molar-refractivity contribution is 6.09. The second-order valence-corrected chi connectivity index (χ2v) is 5.92. The third-order valence-electron chi connectivity index (χ3n) is 3.29. The zero-order valence-electron chi connectivity index (χ0n) is 15.1. The standard InChI is InChI=1S/C17H20N2O.C3H8/c1-18(2)15-9-5-13(6-10-15)17(20)14-7-11-16(12-8-14)19(3)4;1-3-2/h5-12H,1-4H3;3H2,1-2H3. The van der Waals surface area contributed by atoms with Crippen molar-refractivity contribution in [3.05, 3.63) is 59.7 Å². The molecule has 0 aliphatic heterocycles. The minimum absolute atomic E-state index is 0.0561. The first-order valence-electron chi connectivity index (χ1n) is 8.00. The monoisotopic (exact) mass is 312 g/mol. The van der Waals surface area contributed by atoms with Crippen LogP contribution in [-0.2, 0) is 0 Å². The Morgan fingerprint density at radius 3 is 1.17 bits per heavy atom. The van der Waals surface area contributed by atoms with E-state index in [0.29, 0.717) is 11.1 Å². The van der Waals surface area contributed by atoms with Crippen molar-refractivity contribution >= 4 is 17.2 Å². The van der Waals surface area contributed by atoms with Crippen molar-refractivity contribution < 1.29 is 4.79 Å². The molecule has 2 rings (SSSR count). The van der Waals surface area contributed by atoms with E-state index in [1.54, 1.807) is 0 Å². The van der Waals surface area contributed by atoms with E-state index in [0.717, 1.165) is 11.4 Å². The van der Waals surface area contributed by atoms with E-state index in [-0.39, 0.29) is 5.78 Å². The maximum atomic E-state index is 12.4. The largest absolute Gasteiger partial charge is 0.378 e. The van der Waals surface area contributed by atoms with Crippen molar-refractivity contribution in [1.82, 2.24) is 0 Å². The Morgan fingerprint density at radius 2 is 0.957 bits per heavy atom. The van der Waals surface area contributed by atoms with E-state index in [4.69, 9.17) is 0 Å². The van der Waals surface area contributed by atoms with Gasteiger partial charge in [-0.05, 0) is 48.5 Å². The van der Waals surface area contributed by atoms with Crippen molar-refractivity contribution in [2.75, 3.05) is 38.0 Å². The van der Waals surface area contributed by atoms with Crippen LogP contribution in [-0.4, -0.2) is 34.0 Å². The molecule has 0 unspecified atom stereocenters. The zero-order valence-corrected chi connectivity index (χ0v) is 15.1. The first-order valence-corrected chi connectivity index (χ1v) is 8.00. The van der Waals surface area contributed by atoms with Crippen LogP contribution in [0.1, 0.15) is 36.2 Å². The molecule has 3 nitrogen and oxygen atoms in total. The molecule has 0 atom stereocenters. The van der Waals surface area contributed by atoms with E-state index < -0.39 is 0 Å². The molecule has 0 saturated carbocycles. The highest BCUT2D eigenvalue weighted by Gasteiger charge is 2.09. The van der Waals surface area contributed by atoms with Gasteiger partial charge in [0.15, 0.2) is 5.78 Å². The number of rotatable bonds is 4. The van der Waals surface area contributed by atoms with Crippen LogP contribution in [0.2, 0.25) is 0 Å². The molecule has 0 amide bonds. The normalized spacial score (nSPS) is 9.65. The maximum Gasteiger partial charge on any atom is 0.193 e. The van der Waals surface area contributed by atoms with Crippen LogP contribution in [0, 0.1) is 0 Å². The van der Waals surface area contributed by atoms with Gasteiger partial charge in [-0.25, -0.2) is 0 Å². The van der Waals surface area contributed by atoms with Gasteiger partial charge in [0.2, 0.25) is 0 Å². The van der Waals surface area contributed by atoms with Crippen LogP contribution >= 0.6 is 0 Å². The van der Waals surface area contributed by atoms with Gasteiger partial charge in [-0.1, -0.05) is 20.3 Å². The molecule has 0 fully saturated rings. The molecule has 0 spiro atoms. The summed E-state index contributed by atoms with van der Waals surface area (Å²) in [5.74, 6) is 0.0561. The van der Waals surface area contributed by atoms with Gasteiger partial charge >= 0.3 is 0 Å². The summed E-state index contributed by atoms with van der Waals surface area (Å²) in [6.07, 6.45) is 1.25. The smallest absolute Gasteiger partial charge is 0.193 e. The number of carbonyl (C=O) groups is 1. The second-order valence-electron chi connectivity index (χ2n) is 5.92. The van der Waals surface area contributed by atoms with E-state index in [1.165, 1.54) is 6.42 Å². The number of hydrogen-bond acceptors (Lipinski definition) is 3. The zero-order chi connectivity index (χ0) is 17.4. The number of anilines is 2. The van der Waals surface area contributed by atoms with E-state index >= 15 is 0 Å². The summed E-state index contributed by atoms with van der Waals surface area (Å²) in [6.45, 7) is 4.25.